The Bertz CT molecular complexity index is 814. The van der Waals surface area contributed by atoms with E-state index in [0.717, 1.165) is 13.0 Å². The van der Waals surface area contributed by atoms with Crippen LogP contribution in [0.5, 0.6) is 0 Å². The van der Waals surface area contributed by atoms with E-state index in [1.807, 2.05) is 0 Å². The molecule has 2 nitrogen and oxygen atoms in total. The summed E-state index contributed by atoms with van der Waals surface area (Å²) >= 11 is 0. The number of benzene rings is 2. The molecular weight excluding hydrogens is 280 g/mol. The Labute approximate surface area is 138 Å². The summed E-state index contributed by atoms with van der Waals surface area (Å²) in [6.45, 7) is 8.21. The second-order valence-electron chi connectivity index (χ2n) is 6.45. The number of aromatic nitrogens is 1. The van der Waals surface area contributed by atoms with Crippen LogP contribution in [-0.4, -0.2) is 11.1 Å². The zero-order valence-electron chi connectivity index (χ0n) is 14.3. The molecule has 1 aromatic heterocycles. The summed E-state index contributed by atoms with van der Waals surface area (Å²) in [5.74, 6) is 0.367. The maximum atomic E-state index is 6.14. The van der Waals surface area contributed by atoms with Crippen molar-refractivity contribution in [3.8, 4) is 0 Å². The molecule has 0 amide bonds. The summed E-state index contributed by atoms with van der Waals surface area (Å²) in [6, 6.07) is 15.4. The Morgan fingerprint density at radius 3 is 2.57 bits per heavy atom. The molecule has 0 aliphatic rings. The minimum absolute atomic E-state index is 0.367. The highest BCUT2D eigenvalue weighted by molar-refractivity contribution is 5.84. The molecule has 0 saturated heterocycles. The Kier molecular flexibility index (Phi) is 4.53. The predicted molar refractivity (Wildman–Crippen MR) is 99.0 cm³/mol. The van der Waals surface area contributed by atoms with Crippen LogP contribution in [-0.2, 0) is 13.0 Å². The highest BCUT2D eigenvalue weighted by Gasteiger charge is 2.16. The fraction of sp³-hybridized carbons (Fsp3) is 0.333. The van der Waals surface area contributed by atoms with Gasteiger partial charge in [0.05, 0.1) is 0 Å². The number of rotatable bonds is 5. The number of para-hydroxylation sites is 1. The first-order valence-corrected chi connectivity index (χ1v) is 8.48. The normalized spacial score (nSPS) is 12.7. The molecule has 23 heavy (non-hydrogen) atoms. The molecule has 1 heterocycles. The zero-order chi connectivity index (χ0) is 16.4. The van der Waals surface area contributed by atoms with Gasteiger partial charge in [-0.05, 0) is 56.5 Å². The van der Waals surface area contributed by atoms with Gasteiger partial charge in [-0.15, -0.1) is 0 Å². The van der Waals surface area contributed by atoms with Crippen LogP contribution in [0.4, 0.5) is 0 Å². The van der Waals surface area contributed by atoms with Gasteiger partial charge in [0.25, 0.3) is 0 Å². The maximum absolute atomic E-state index is 6.14. The second-order valence-corrected chi connectivity index (χ2v) is 6.45. The third kappa shape index (κ3) is 3.04. The fourth-order valence-electron chi connectivity index (χ4n) is 3.62. The van der Waals surface area contributed by atoms with Gasteiger partial charge in [-0.25, -0.2) is 0 Å². The van der Waals surface area contributed by atoms with Gasteiger partial charge in [-0.1, -0.05) is 42.0 Å². The molecule has 120 valence electrons. The van der Waals surface area contributed by atoms with Crippen molar-refractivity contribution in [2.24, 2.45) is 5.73 Å². The van der Waals surface area contributed by atoms with Crippen LogP contribution in [0.1, 0.15) is 35.1 Å². The number of hydrogen-bond donors (Lipinski definition) is 1. The van der Waals surface area contributed by atoms with Crippen LogP contribution in [0.25, 0.3) is 10.9 Å². The summed E-state index contributed by atoms with van der Waals surface area (Å²) in [5, 5.41) is 1.36. The Morgan fingerprint density at radius 1 is 1.09 bits per heavy atom. The first-order valence-electron chi connectivity index (χ1n) is 8.48. The summed E-state index contributed by atoms with van der Waals surface area (Å²) < 4.78 is 2.33. The van der Waals surface area contributed by atoms with Crippen LogP contribution in [0.2, 0.25) is 0 Å². The van der Waals surface area contributed by atoms with Gasteiger partial charge in [0.1, 0.15) is 0 Å². The van der Waals surface area contributed by atoms with Crippen molar-refractivity contribution >= 4 is 10.9 Å². The molecule has 3 aromatic rings. The third-order valence-electron chi connectivity index (χ3n) is 4.83. The van der Waals surface area contributed by atoms with Gasteiger partial charge in [0, 0.05) is 29.6 Å². The van der Waals surface area contributed by atoms with E-state index in [0.29, 0.717) is 12.5 Å². The molecule has 0 spiro atoms. The lowest BCUT2D eigenvalue weighted by molar-refractivity contribution is 0.687. The van der Waals surface area contributed by atoms with Crippen molar-refractivity contribution in [1.29, 1.82) is 0 Å². The van der Waals surface area contributed by atoms with Gasteiger partial charge in [0.2, 0.25) is 0 Å². The van der Waals surface area contributed by atoms with Gasteiger partial charge >= 0.3 is 0 Å². The van der Waals surface area contributed by atoms with E-state index in [1.54, 1.807) is 0 Å². The molecule has 0 fully saturated rings. The first kappa shape index (κ1) is 15.8. The van der Waals surface area contributed by atoms with Gasteiger partial charge in [-0.2, -0.15) is 0 Å². The Hall–Kier alpha value is -2.06. The van der Waals surface area contributed by atoms with Crippen molar-refractivity contribution in [3.63, 3.8) is 0 Å². The molecule has 0 radical (unpaired) electrons. The number of nitrogens with zero attached hydrogens (tertiary/aromatic N) is 1. The van der Waals surface area contributed by atoms with Gasteiger partial charge < -0.3 is 10.3 Å². The largest absolute Gasteiger partial charge is 0.347 e. The van der Waals surface area contributed by atoms with Crippen LogP contribution < -0.4 is 5.73 Å². The van der Waals surface area contributed by atoms with Gasteiger partial charge in [0.15, 0.2) is 0 Å². The molecule has 0 aliphatic carbocycles. The van der Waals surface area contributed by atoms with Crippen molar-refractivity contribution in [1.82, 2.24) is 4.57 Å². The van der Waals surface area contributed by atoms with Crippen LogP contribution >= 0.6 is 0 Å². The molecule has 1 atom stereocenters. The Balaban J connectivity index is 1.99. The lowest BCUT2D eigenvalue weighted by Gasteiger charge is -2.18. The minimum atomic E-state index is 0.367. The van der Waals surface area contributed by atoms with Crippen molar-refractivity contribution in [2.75, 3.05) is 6.54 Å². The number of hydrogen-bond acceptors (Lipinski definition) is 1. The lowest BCUT2D eigenvalue weighted by atomic mass is 9.88. The summed E-state index contributed by atoms with van der Waals surface area (Å²) in [7, 11) is 0. The van der Waals surface area contributed by atoms with E-state index in [4.69, 9.17) is 5.73 Å². The van der Waals surface area contributed by atoms with Crippen LogP contribution in [0.15, 0.2) is 48.7 Å². The minimum Gasteiger partial charge on any atom is -0.347 e. The first-order chi connectivity index (χ1) is 11.1. The van der Waals surface area contributed by atoms with Crippen molar-refractivity contribution < 1.29 is 0 Å². The number of fused-ring (bicyclic) bond motifs is 1. The lowest BCUT2D eigenvalue weighted by Crippen LogP contribution is -2.16. The summed E-state index contributed by atoms with van der Waals surface area (Å²) in [5.41, 5.74) is 12.9. The van der Waals surface area contributed by atoms with Crippen LogP contribution in [0.3, 0.4) is 0 Å². The quantitative estimate of drug-likeness (QED) is 0.736. The second kappa shape index (κ2) is 6.59. The average Bonchev–Trinajstić information content (AvgIpc) is 2.91. The molecule has 0 saturated carbocycles. The summed E-state index contributed by atoms with van der Waals surface area (Å²) in [4.78, 5) is 0. The molecule has 2 aromatic carbocycles. The topological polar surface area (TPSA) is 30.9 Å². The maximum Gasteiger partial charge on any atom is 0.0483 e. The molecule has 1 unspecified atom stereocenters. The van der Waals surface area contributed by atoms with E-state index in [-0.39, 0.29) is 0 Å². The zero-order valence-corrected chi connectivity index (χ0v) is 14.3. The molecule has 3 rings (SSSR count). The van der Waals surface area contributed by atoms with E-state index in [1.165, 1.54) is 33.2 Å². The SMILES string of the molecule is CCn1cc(CC(CN)c2ccc(C)cc2C)c2ccccc21. The summed E-state index contributed by atoms with van der Waals surface area (Å²) in [6.07, 6.45) is 3.30. The Morgan fingerprint density at radius 2 is 1.87 bits per heavy atom. The van der Waals surface area contributed by atoms with E-state index in [2.05, 4.69) is 74.0 Å². The van der Waals surface area contributed by atoms with E-state index in [9.17, 15) is 0 Å². The fourth-order valence-corrected chi connectivity index (χ4v) is 3.62. The standard InChI is InChI=1S/C21H26N2/c1-4-23-14-18(20-7-5-6-8-21(20)23)12-17(13-22)19-10-9-15(2)11-16(19)3/h5-11,14,17H,4,12-13,22H2,1-3H3. The number of nitrogens with two attached hydrogens (primary N) is 1. The molecular formula is C21H26N2. The highest BCUT2D eigenvalue weighted by atomic mass is 14.9. The smallest absolute Gasteiger partial charge is 0.0483 e. The van der Waals surface area contributed by atoms with Crippen LogP contribution in [0, 0.1) is 13.8 Å². The van der Waals surface area contributed by atoms with Crippen molar-refractivity contribution in [3.05, 3.63) is 70.9 Å². The monoisotopic (exact) mass is 306 g/mol. The molecule has 2 N–H and O–H groups in total. The van der Waals surface area contributed by atoms with E-state index >= 15 is 0 Å². The van der Waals surface area contributed by atoms with E-state index < -0.39 is 0 Å². The molecule has 2 heteroatoms. The molecule has 0 aliphatic heterocycles. The third-order valence-corrected chi connectivity index (χ3v) is 4.83. The molecule has 0 bridgehead atoms. The number of aryl methyl sites for hydroxylation is 3. The highest BCUT2D eigenvalue weighted by Crippen LogP contribution is 2.29. The predicted octanol–water partition coefficient (Wildman–Crippen LogP) is 4.56. The van der Waals surface area contributed by atoms with Gasteiger partial charge in [-0.3, -0.25) is 0 Å². The average molecular weight is 306 g/mol. The van der Waals surface area contributed by atoms with Crippen molar-refractivity contribution in [2.45, 2.75) is 39.7 Å².